The maximum Gasteiger partial charge on any atom is 0.316 e. The monoisotopic (exact) mass is 396 g/mol. The summed E-state index contributed by atoms with van der Waals surface area (Å²) in [5.41, 5.74) is -0.301. The Hall–Kier alpha value is -2.22. The zero-order valence-electron chi connectivity index (χ0n) is 14.7. The Kier molecular flexibility index (Phi) is 4.33. The summed E-state index contributed by atoms with van der Waals surface area (Å²) in [5.74, 6) is -2.56. The Balaban J connectivity index is 1.42. The fourth-order valence-electron chi connectivity index (χ4n) is 3.58. The lowest BCUT2D eigenvalue weighted by Crippen LogP contribution is -2.42. The minimum atomic E-state index is -2.64. The van der Waals surface area contributed by atoms with E-state index in [1.54, 1.807) is 24.3 Å². The SMILES string of the molecule is CC[C@H](Nc1nnc(-c2ccc(Cl)cc2)o1)C(=O)N1CC[C@@]2(C1)CC2(F)F. The molecule has 1 aromatic heterocycles. The van der Waals surface area contributed by atoms with Gasteiger partial charge in [-0.1, -0.05) is 23.6 Å². The Morgan fingerprint density at radius 1 is 1.37 bits per heavy atom. The van der Waals surface area contributed by atoms with Crippen LogP contribution < -0.4 is 5.32 Å². The number of likely N-dealkylation sites (tertiary alicyclic amines) is 1. The fraction of sp³-hybridized carbons (Fsp3) is 0.500. The molecule has 0 unspecified atom stereocenters. The molecule has 1 saturated carbocycles. The number of carbonyl (C=O) groups excluding carboxylic acids is 1. The fourth-order valence-corrected chi connectivity index (χ4v) is 3.71. The minimum absolute atomic E-state index is 0.108. The van der Waals surface area contributed by atoms with Gasteiger partial charge in [-0.3, -0.25) is 4.79 Å². The highest BCUT2D eigenvalue weighted by molar-refractivity contribution is 6.30. The highest BCUT2D eigenvalue weighted by atomic mass is 35.5. The van der Waals surface area contributed by atoms with Crippen LogP contribution in [0.2, 0.25) is 5.02 Å². The quantitative estimate of drug-likeness (QED) is 0.831. The van der Waals surface area contributed by atoms with Gasteiger partial charge in [-0.25, -0.2) is 8.78 Å². The van der Waals surface area contributed by atoms with Crippen molar-refractivity contribution in [1.29, 1.82) is 0 Å². The molecule has 27 heavy (non-hydrogen) atoms. The predicted octanol–water partition coefficient (Wildman–Crippen LogP) is 3.84. The third-order valence-electron chi connectivity index (χ3n) is 5.40. The lowest BCUT2D eigenvalue weighted by molar-refractivity contribution is -0.131. The van der Waals surface area contributed by atoms with Crippen LogP contribution in [0.4, 0.5) is 14.8 Å². The number of rotatable bonds is 5. The summed E-state index contributed by atoms with van der Waals surface area (Å²) in [5, 5.41) is 11.4. The first-order valence-corrected chi connectivity index (χ1v) is 9.24. The highest BCUT2D eigenvalue weighted by Crippen LogP contribution is 2.65. The van der Waals surface area contributed by atoms with Gasteiger partial charge < -0.3 is 14.6 Å². The second-order valence-corrected chi connectivity index (χ2v) is 7.63. The number of hydrogen-bond acceptors (Lipinski definition) is 5. The standard InChI is InChI=1S/C18H19ClF2N4O2/c1-2-13(15(26)25-8-7-17(10-25)9-18(17,20)21)22-16-24-23-14(27-16)11-3-5-12(19)6-4-11/h3-6,13H,2,7-10H2,1H3,(H,22,24)/t13-,17-/m0/s1. The summed E-state index contributed by atoms with van der Waals surface area (Å²) in [7, 11) is 0. The number of hydrogen-bond donors (Lipinski definition) is 1. The third-order valence-corrected chi connectivity index (χ3v) is 5.65. The molecule has 2 aliphatic rings. The number of anilines is 1. The van der Waals surface area contributed by atoms with Crippen molar-refractivity contribution < 1.29 is 18.0 Å². The molecule has 9 heteroatoms. The van der Waals surface area contributed by atoms with Gasteiger partial charge in [0.05, 0.1) is 5.41 Å². The molecule has 1 saturated heterocycles. The van der Waals surface area contributed by atoms with E-state index in [4.69, 9.17) is 16.0 Å². The van der Waals surface area contributed by atoms with E-state index in [1.807, 2.05) is 6.92 Å². The zero-order chi connectivity index (χ0) is 19.2. The summed E-state index contributed by atoms with van der Waals surface area (Å²) >= 11 is 5.86. The van der Waals surface area contributed by atoms with Crippen molar-refractivity contribution >= 4 is 23.5 Å². The second-order valence-electron chi connectivity index (χ2n) is 7.20. The van der Waals surface area contributed by atoms with Crippen LogP contribution in [0.3, 0.4) is 0 Å². The van der Waals surface area contributed by atoms with Crippen LogP contribution in [-0.2, 0) is 4.79 Å². The smallest absolute Gasteiger partial charge is 0.316 e. The molecule has 1 aliphatic carbocycles. The van der Waals surface area contributed by atoms with Crippen LogP contribution >= 0.6 is 11.6 Å². The van der Waals surface area contributed by atoms with Gasteiger partial charge in [-0.05, 0) is 37.1 Å². The Labute approximate surface area is 159 Å². The molecular weight excluding hydrogens is 378 g/mol. The average molecular weight is 397 g/mol. The van der Waals surface area contributed by atoms with E-state index in [-0.39, 0.29) is 24.9 Å². The lowest BCUT2D eigenvalue weighted by Gasteiger charge is -2.22. The van der Waals surface area contributed by atoms with E-state index >= 15 is 0 Å². The maximum absolute atomic E-state index is 13.6. The number of halogens is 3. The van der Waals surface area contributed by atoms with Gasteiger partial charge in [0.1, 0.15) is 6.04 Å². The molecule has 2 aromatic rings. The Bertz CT molecular complexity index is 857. The molecule has 1 aliphatic heterocycles. The van der Waals surface area contributed by atoms with E-state index in [0.717, 1.165) is 0 Å². The first kappa shape index (κ1) is 18.2. The number of nitrogens with zero attached hydrogens (tertiary/aromatic N) is 3. The number of amides is 1. The summed E-state index contributed by atoms with van der Waals surface area (Å²) in [6, 6.07) is 6.44. The van der Waals surface area contributed by atoms with Crippen molar-refractivity contribution in [3.05, 3.63) is 29.3 Å². The first-order valence-electron chi connectivity index (χ1n) is 8.86. The van der Waals surface area contributed by atoms with E-state index in [1.165, 1.54) is 4.90 Å². The predicted molar refractivity (Wildman–Crippen MR) is 95.6 cm³/mol. The van der Waals surface area contributed by atoms with Crippen molar-refractivity contribution in [2.45, 2.75) is 38.2 Å². The lowest BCUT2D eigenvalue weighted by atomic mass is 10.1. The van der Waals surface area contributed by atoms with Crippen LogP contribution in [-0.4, -0.2) is 46.1 Å². The third kappa shape index (κ3) is 3.26. The molecule has 0 radical (unpaired) electrons. The maximum atomic E-state index is 13.6. The molecule has 1 N–H and O–H groups in total. The topological polar surface area (TPSA) is 71.3 Å². The van der Waals surface area contributed by atoms with E-state index in [0.29, 0.717) is 35.9 Å². The number of aromatic nitrogens is 2. The number of alkyl halides is 2. The molecule has 1 amide bonds. The van der Waals surface area contributed by atoms with Gasteiger partial charge in [0.2, 0.25) is 11.8 Å². The summed E-state index contributed by atoms with van der Waals surface area (Å²) in [4.78, 5) is 14.2. The summed E-state index contributed by atoms with van der Waals surface area (Å²) in [6.45, 7) is 2.30. The minimum Gasteiger partial charge on any atom is -0.403 e. The molecule has 2 fully saturated rings. The van der Waals surface area contributed by atoms with Crippen LogP contribution in [0.1, 0.15) is 26.2 Å². The molecular formula is C18H19ClF2N4O2. The van der Waals surface area contributed by atoms with E-state index in [2.05, 4.69) is 15.5 Å². The van der Waals surface area contributed by atoms with Crippen LogP contribution in [0.15, 0.2) is 28.7 Å². The van der Waals surface area contributed by atoms with Crippen molar-refractivity contribution in [1.82, 2.24) is 15.1 Å². The normalized spacial score (nSPS) is 24.2. The molecule has 2 heterocycles. The largest absolute Gasteiger partial charge is 0.403 e. The van der Waals surface area contributed by atoms with Gasteiger partial charge in [0, 0.05) is 30.1 Å². The van der Waals surface area contributed by atoms with Crippen molar-refractivity contribution in [2.75, 3.05) is 18.4 Å². The van der Waals surface area contributed by atoms with Crippen molar-refractivity contribution in [3.63, 3.8) is 0 Å². The van der Waals surface area contributed by atoms with Gasteiger partial charge in [-0.15, -0.1) is 5.10 Å². The van der Waals surface area contributed by atoms with Crippen molar-refractivity contribution in [3.8, 4) is 11.5 Å². The molecule has 0 bridgehead atoms. The van der Waals surface area contributed by atoms with E-state index < -0.39 is 17.4 Å². The van der Waals surface area contributed by atoms with Crippen LogP contribution in [0.5, 0.6) is 0 Å². The number of nitrogens with one attached hydrogen (secondary N) is 1. The summed E-state index contributed by atoms with van der Waals surface area (Å²) in [6.07, 6.45) is 0.697. The zero-order valence-corrected chi connectivity index (χ0v) is 15.5. The van der Waals surface area contributed by atoms with Crippen LogP contribution in [0.25, 0.3) is 11.5 Å². The van der Waals surface area contributed by atoms with Crippen molar-refractivity contribution in [2.24, 2.45) is 5.41 Å². The molecule has 1 spiro atoms. The first-order chi connectivity index (χ1) is 12.8. The van der Waals surface area contributed by atoms with Crippen LogP contribution in [0, 0.1) is 5.41 Å². The number of benzene rings is 1. The molecule has 144 valence electrons. The average Bonchev–Trinajstić information content (AvgIpc) is 3.05. The van der Waals surface area contributed by atoms with Gasteiger partial charge >= 0.3 is 6.01 Å². The van der Waals surface area contributed by atoms with E-state index in [9.17, 15) is 13.6 Å². The molecule has 2 atom stereocenters. The molecule has 1 aromatic carbocycles. The summed E-state index contributed by atoms with van der Waals surface area (Å²) < 4.78 is 32.7. The highest BCUT2D eigenvalue weighted by Gasteiger charge is 2.73. The second kappa shape index (κ2) is 6.44. The molecule has 4 rings (SSSR count). The van der Waals surface area contributed by atoms with Gasteiger partial charge in [0.15, 0.2) is 0 Å². The van der Waals surface area contributed by atoms with Gasteiger partial charge in [0.25, 0.3) is 5.92 Å². The molecule has 6 nitrogen and oxygen atoms in total. The number of carbonyl (C=O) groups is 1. The van der Waals surface area contributed by atoms with Gasteiger partial charge in [-0.2, -0.15) is 0 Å². The Morgan fingerprint density at radius 3 is 2.67 bits per heavy atom. The Morgan fingerprint density at radius 2 is 2.07 bits per heavy atom.